The number of amides is 1. The van der Waals surface area contributed by atoms with Crippen LogP contribution in [0.2, 0.25) is 0 Å². The highest BCUT2D eigenvalue weighted by Crippen LogP contribution is 2.30. The highest BCUT2D eigenvalue weighted by Gasteiger charge is 2.35. The largest absolute Gasteiger partial charge is 0.480 e. The standard InChI is InChI=1S/C14H16N4O3S/c1-8-11(13(19)18-5-3-4-10(18)14(20)21)22-12(16-8)9-6-15-17(2)7-9/h6-7,10H,3-5H2,1-2H3,(H,20,21). The van der Waals surface area contributed by atoms with E-state index in [1.807, 2.05) is 13.2 Å². The number of carboxylic acids is 1. The summed E-state index contributed by atoms with van der Waals surface area (Å²) in [5.74, 6) is -1.18. The Labute approximate surface area is 131 Å². The number of rotatable bonds is 3. The molecule has 2 aromatic rings. The Balaban J connectivity index is 1.90. The quantitative estimate of drug-likeness (QED) is 0.927. The molecule has 3 rings (SSSR count). The van der Waals surface area contributed by atoms with Crippen molar-refractivity contribution in [3.05, 3.63) is 23.0 Å². The molecule has 0 aliphatic carbocycles. The van der Waals surface area contributed by atoms with Gasteiger partial charge in [0.1, 0.15) is 15.9 Å². The maximum Gasteiger partial charge on any atom is 0.326 e. The Morgan fingerprint density at radius 1 is 1.45 bits per heavy atom. The normalized spacial score (nSPS) is 17.9. The molecule has 116 valence electrons. The summed E-state index contributed by atoms with van der Waals surface area (Å²) in [6, 6.07) is -0.726. The third-order valence-electron chi connectivity index (χ3n) is 3.74. The van der Waals surface area contributed by atoms with Gasteiger partial charge in [-0.05, 0) is 19.8 Å². The van der Waals surface area contributed by atoms with E-state index in [1.165, 1.54) is 16.2 Å². The Hall–Kier alpha value is -2.22. The molecule has 1 fully saturated rings. The molecule has 2 aromatic heterocycles. The molecular weight excluding hydrogens is 304 g/mol. The first-order valence-corrected chi connectivity index (χ1v) is 7.79. The summed E-state index contributed by atoms with van der Waals surface area (Å²) in [5, 5.41) is 14.0. The van der Waals surface area contributed by atoms with Gasteiger partial charge in [-0.3, -0.25) is 9.48 Å². The fourth-order valence-corrected chi connectivity index (χ4v) is 3.64. The molecule has 1 amide bonds. The SMILES string of the molecule is Cc1nc(-c2cnn(C)c2)sc1C(=O)N1CCCC1C(=O)O. The van der Waals surface area contributed by atoms with Crippen molar-refractivity contribution < 1.29 is 14.7 Å². The van der Waals surface area contributed by atoms with Crippen LogP contribution in [-0.4, -0.2) is 49.2 Å². The summed E-state index contributed by atoms with van der Waals surface area (Å²) < 4.78 is 1.68. The van der Waals surface area contributed by atoms with Crippen LogP contribution in [0, 0.1) is 6.92 Å². The lowest BCUT2D eigenvalue weighted by Crippen LogP contribution is -2.40. The summed E-state index contributed by atoms with van der Waals surface area (Å²) in [6.45, 7) is 2.25. The van der Waals surface area contributed by atoms with Gasteiger partial charge in [-0.15, -0.1) is 11.3 Å². The average Bonchev–Trinajstić information content (AvgIpc) is 3.16. The van der Waals surface area contributed by atoms with Crippen LogP contribution in [0.4, 0.5) is 0 Å². The molecule has 1 aliphatic heterocycles. The minimum Gasteiger partial charge on any atom is -0.480 e. The van der Waals surface area contributed by atoms with Crippen molar-refractivity contribution in [2.45, 2.75) is 25.8 Å². The highest BCUT2D eigenvalue weighted by molar-refractivity contribution is 7.17. The first kappa shape index (κ1) is 14.7. The second kappa shape index (κ2) is 5.53. The van der Waals surface area contributed by atoms with Gasteiger partial charge < -0.3 is 10.0 Å². The molecule has 1 aliphatic rings. The molecule has 1 unspecified atom stereocenters. The maximum absolute atomic E-state index is 12.6. The Bertz CT molecular complexity index is 736. The van der Waals surface area contributed by atoms with Crippen molar-refractivity contribution in [3.8, 4) is 10.6 Å². The molecule has 0 spiro atoms. The summed E-state index contributed by atoms with van der Waals surface area (Å²) in [5.41, 5.74) is 1.48. The topological polar surface area (TPSA) is 88.3 Å². The zero-order chi connectivity index (χ0) is 15.9. The van der Waals surface area contributed by atoms with E-state index in [9.17, 15) is 14.7 Å². The Kier molecular flexibility index (Phi) is 3.69. The minimum absolute atomic E-state index is 0.241. The fourth-order valence-electron chi connectivity index (χ4n) is 2.65. The number of carbonyl (C=O) groups is 2. The van der Waals surface area contributed by atoms with Gasteiger partial charge in [0.05, 0.1) is 11.9 Å². The number of carbonyl (C=O) groups excluding carboxylic acids is 1. The molecule has 0 radical (unpaired) electrons. The minimum atomic E-state index is -0.944. The summed E-state index contributed by atoms with van der Waals surface area (Å²) in [6.07, 6.45) is 4.76. The van der Waals surface area contributed by atoms with Crippen LogP contribution in [0.15, 0.2) is 12.4 Å². The number of nitrogens with zero attached hydrogens (tertiary/aromatic N) is 4. The lowest BCUT2D eigenvalue weighted by Gasteiger charge is -2.20. The lowest BCUT2D eigenvalue weighted by molar-refractivity contribution is -0.141. The van der Waals surface area contributed by atoms with Gasteiger partial charge in [-0.2, -0.15) is 5.10 Å². The van der Waals surface area contributed by atoms with Crippen molar-refractivity contribution in [1.29, 1.82) is 0 Å². The van der Waals surface area contributed by atoms with Crippen molar-refractivity contribution in [3.63, 3.8) is 0 Å². The van der Waals surface area contributed by atoms with Crippen LogP contribution in [0.5, 0.6) is 0 Å². The first-order valence-electron chi connectivity index (χ1n) is 6.97. The van der Waals surface area contributed by atoms with Gasteiger partial charge in [0, 0.05) is 25.4 Å². The zero-order valence-corrected chi connectivity index (χ0v) is 13.1. The molecule has 1 N–H and O–H groups in total. The van der Waals surface area contributed by atoms with Gasteiger partial charge in [0.15, 0.2) is 0 Å². The third kappa shape index (κ3) is 2.50. The average molecular weight is 320 g/mol. The molecule has 1 atom stereocenters. The predicted octanol–water partition coefficient (Wildman–Crippen LogP) is 1.54. The lowest BCUT2D eigenvalue weighted by atomic mass is 10.2. The van der Waals surface area contributed by atoms with E-state index in [1.54, 1.807) is 17.8 Å². The van der Waals surface area contributed by atoms with Crippen molar-refractivity contribution in [2.75, 3.05) is 6.54 Å². The highest BCUT2D eigenvalue weighted by atomic mass is 32.1. The van der Waals surface area contributed by atoms with Gasteiger partial charge in [0.25, 0.3) is 5.91 Å². The van der Waals surface area contributed by atoms with Crippen molar-refractivity contribution >= 4 is 23.2 Å². The summed E-state index contributed by atoms with van der Waals surface area (Å²) in [7, 11) is 1.82. The number of likely N-dealkylation sites (tertiary alicyclic amines) is 1. The second-order valence-corrected chi connectivity index (χ2v) is 6.33. The van der Waals surface area contributed by atoms with Gasteiger partial charge in [-0.1, -0.05) is 0 Å². The molecular formula is C14H16N4O3S. The molecule has 7 nitrogen and oxygen atoms in total. The van der Waals surface area contributed by atoms with Crippen LogP contribution in [-0.2, 0) is 11.8 Å². The van der Waals surface area contributed by atoms with Crippen LogP contribution < -0.4 is 0 Å². The molecule has 0 bridgehead atoms. The summed E-state index contributed by atoms with van der Waals surface area (Å²) in [4.78, 5) is 30.3. The molecule has 22 heavy (non-hydrogen) atoms. The first-order chi connectivity index (χ1) is 10.5. The maximum atomic E-state index is 12.6. The molecule has 1 saturated heterocycles. The van der Waals surface area contributed by atoms with Crippen molar-refractivity contribution in [1.82, 2.24) is 19.7 Å². The molecule has 0 saturated carbocycles. The van der Waals surface area contributed by atoms with Gasteiger partial charge >= 0.3 is 5.97 Å². The number of thiazole rings is 1. The fraction of sp³-hybridized carbons (Fsp3) is 0.429. The Morgan fingerprint density at radius 2 is 2.23 bits per heavy atom. The Morgan fingerprint density at radius 3 is 2.86 bits per heavy atom. The van der Waals surface area contributed by atoms with E-state index in [-0.39, 0.29) is 5.91 Å². The van der Waals surface area contributed by atoms with Gasteiger partial charge in [0.2, 0.25) is 0 Å². The monoisotopic (exact) mass is 320 g/mol. The predicted molar refractivity (Wildman–Crippen MR) is 80.7 cm³/mol. The third-order valence-corrected chi connectivity index (χ3v) is 4.94. The van der Waals surface area contributed by atoms with Crippen LogP contribution in [0.1, 0.15) is 28.2 Å². The molecule has 0 aromatic carbocycles. The smallest absolute Gasteiger partial charge is 0.326 e. The van der Waals surface area contributed by atoms with Crippen LogP contribution in [0.25, 0.3) is 10.6 Å². The van der Waals surface area contributed by atoms with E-state index in [0.29, 0.717) is 23.5 Å². The van der Waals surface area contributed by atoms with Crippen LogP contribution in [0.3, 0.4) is 0 Å². The number of hydrogen-bond acceptors (Lipinski definition) is 5. The molecule has 8 heteroatoms. The van der Waals surface area contributed by atoms with Gasteiger partial charge in [-0.25, -0.2) is 9.78 Å². The number of aliphatic carboxylic acids is 1. The zero-order valence-electron chi connectivity index (χ0n) is 12.3. The van der Waals surface area contributed by atoms with E-state index >= 15 is 0 Å². The van der Waals surface area contributed by atoms with E-state index in [4.69, 9.17) is 0 Å². The number of carboxylic acid groups (broad SMARTS) is 1. The van der Waals surface area contributed by atoms with E-state index in [2.05, 4.69) is 10.1 Å². The number of aryl methyl sites for hydroxylation is 2. The molecule has 3 heterocycles. The summed E-state index contributed by atoms with van der Waals surface area (Å²) >= 11 is 1.29. The second-order valence-electron chi connectivity index (χ2n) is 5.33. The van der Waals surface area contributed by atoms with Crippen molar-refractivity contribution in [2.24, 2.45) is 7.05 Å². The number of hydrogen-bond donors (Lipinski definition) is 1. The number of aromatic nitrogens is 3. The van der Waals surface area contributed by atoms with E-state index in [0.717, 1.165) is 17.0 Å². The van der Waals surface area contributed by atoms with E-state index < -0.39 is 12.0 Å². The van der Waals surface area contributed by atoms with Crippen LogP contribution >= 0.6 is 11.3 Å².